The molecule has 0 fully saturated rings. The molecule has 5 nitrogen and oxygen atoms in total. The molecule has 1 atom stereocenters. The van der Waals surface area contributed by atoms with Crippen LogP contribution in [0.25, 0.3) is 0 Å². The summed E-state index contributed by atoms with van der Waals surface area (Å²) >= 11 is 0. The fourth-order valence-corrected chi connectivity index (χ4v) is 2.32. The van der Waals surface area contributed by atoms with Crippen LogP contribution in [0.15, 0.2) is 48.5 Å². The second kappa shape index (κ2) is 8.98. The van der Waals surface area contributed by atoms with Gasteiger partial charge in [0, 0.05) is 6.54 Å². The first-order valence-corrected chi connectivity index (χ1v) is 7.79. The standard InChI is InChI=1S/C18H20F2N2O3/c1-12-6-5-9-15(25-17(19)20)16(12)22-18(24)21-11-10-14(23)13-7-3-2-4-8-13/h2-9,14,17,23H,10-11H2,1H3,(H2,21,22,24). The molecular weight excluding hydrogens is 330 g/mol. The summed E-state index contributed by atoms with van der Waals surface area (Å²) in [5, 5.41) is 15.1. The van der Waals surface area contributed by atoms with Crippen LogP contribution in [-0.2, 0) is 0 Å². The Kier molecular flexibility index (Phi) is 6.71. The van der Waals surface area contributed by atoms with Crippen molar-refractivity contribution in [3.8, 4) is 5.75 Å². The van der Waals surface area contributed by atoms with Crippen LogP contribution in [0.4, 0.5) is 19.3 Å². The number of para-hydroxylation sites is 1. The lowest BCUT2D eigenvalue weighted by molar-refractivity contribution is -0.0493. The summed E-state index contributed by atoms with van der Waals surface area (Å²) in [5.74, 6) is -0.102. The second-order valence-corrected chi connectivity index (χ2v) is 5.42. The first-order chi connectivity index (χ1) is 12.0. The van der Waals surface area contributed by atoms with Crippen LogP contribution in [0.1, 0.15) is 23.7 Å². The van der Waals surface area contributed by atoms with E-state index in [9.17, 15) is 18.7 Å². The van der Waals surface area contributed by atoms with Gasteiger partial charge in [0.15, 0.2) is 0 Å². The maximum Gasteiger partial charge on any atom is 0.387 e. The predicted molar refractivity (Wildman–Crippen MR) is 90.9 cm³/mol. The molecule has 2 rings (SSSR count). The highest BCUT2D eigenvalue weighted by molar-refractivity contribution is 5.91. The number of aliphatic hydroxyl groups is 1. The molecule has 0 aromatic heterocycles. The van der Waals surface area contributed by atoms with Crippen molar-refractivity contribution in [2.24, 2.45) is 0 Å². The number of amides is 2. The van der Waals surface area contributed by atoms with Crippen LogP contribution in [0.2, 0.25) is 0 Å². The number of anilines is 1. The highest BCUT2D eigenvalue weighted by Crippen LogP contribution is 2.29. The zero-order chi connectivity index (χ0) is 18.2. The topological polar surface area (TPSA) is 70.6 Å². The molecular formula is C18H20F2N2O3. The number of aliphatic hydroxyl groups excluding tert-OH is 1. The van der Waals surface area contributed by atoms with Crippen LogP contribution in [0.3, 0.4) is 0 Å². The smallest absolute Gasteiger partial charge is 0.387 e. The Labute approximate surface area is 144 Å². The lowest BCUT2D eigenvalue weighted by Gasteiger charge is -2.15. The van der Waals surface area contributed by atoms with Crippen molar-refractivity contribution in [3.63, 3.8) is 0 Å². The molecule has 2 aromatic carbocycles. The third kappa shape index (κ3) is 5.72. The number of nitrogens with one attached hydrogen (secondary N) is 2. The van der Waals surface area contributed by atoms with Crippen molar-refractivity contribution in [2.45, 2.75) is 26.1 Å². The number of hydrogen-bond donors (Lipinski definition) is 3. The van der Waals surface area contributed by atoms with Gasteiger partial charge in [-0.3, -0.25) is 0 Å². The van der Waals surface area contributed by atoms with Gasteiger partial charge in [0.2, 0.25) is 0 Å². The van der Waals surface area contributed by atoms with Crippen LogP contribution < -0.4 is 15.4 Å². The Morgan fingerprint density at radius 1 is 1.16 bits per heavy atom. The van der Waals surface area contributed by atoms with Crippen molar-refractivity contribution < 1.29 is 23.4 Å². The fourth-order valence-electron chi connectivity index (χ4n) is 2.32. The number of carbonyl (C=O) groups excluding carboxylic acids is 1. The molecule has 25 heavy (non-hydrogen) atoms. The van der Waals surface area contributed by atoms with Gasteiger partial charge in [0.1, 0.15) is 5.75 Å². The highest BCUT2D eigenvalue weighted by Gasteiger charge is 2.14. The van der Waals surface area contributed by atoms with Crippen molar-refractivity contribution in [3.05, 3.63) is 59.7 Å². The Morgan fingerprint density at radius 3 is 2.56 bits per heavy atom. The number of rotatable bonds is 7. The van der Waals surface area contributed by atoms with Crippen molar-refractivity contribution >= 4 is 11.7 Å². The molecule has 3 N–H and O–H groups in total. The van der Waals surface area contributed by atoms with E-state index in [-0.39, 0.29) is 18.0 Å². The van der Waals surface area contributed by atoms with Crippen molar-refractivity contribution in [1.82, 2.24) is 5.32 Å². The van der Waals surface area contributed by atoms with Gasteiger partial charge in [-0.25, -0.2) is 4.79 Å². The Hall–Kier alpha value is -2.67. The number of urea groups is 1. The van der Waals surface area contributed by atoms with E-state index < -0.39 is 18.7 Å². The van der Waals surface area contributed by atoms with Crippen LogP contribution in [0.5, 0.6) is 5.75 Å². The van der Waals surface area contributed by atoms with E-state index in [1.165, 1.54) is 6.07 Å². The van der Waals surface area contributed by atoms with Crippen LogP contribution in [-0.4, -0.2) is 24.3 Å². The number of ether oxygens (including phenoxy) is 1. The summed E-state index contributed by atoms with van der Waals surface area (Å²) in [7, 11) is 0. The van der Waals surface area contributed by atoms with Crippen LogP contribution in [0, 0.1) is 6.92 Å². The molecule has 1 unspecified atom stereocenters. The minimum Gasteiger partial charge on any atom is -0.433 e. The molecule has 2 aromatic rings. The van der Waals surface area contributed by atoms with E-state index in [1.807, 2.05) is 18.2 Å². The van der Waals surface area contributed by atoms with Crippen molar-refractivity contribution in [2.75, 3.05) is 11.9 Å². The minimum atomic E-state index is -2.98. The third-order valence-corrected chi connectivity index (χ3v) is 3.58. The average molecular weight is 350 g/mol. The Morgan fingerprint density at radius 2 is 1.88 bits per heavy atom. The summed E-state index contributed by atoms with van der Waals surface area (Å²) < 4.78 is 29.3. The zero-order valence-electron chi connectivity index (χ0n) is 13.7. The lowest BCUT2D eigenvalue weighted by Crippen LogP contribution is -2.30. The number of carbonyl (C=O) groups is 1. The molecule has 0 aliphatic carbocycles. The van der Waals surface area contributed by atoms with Gasteiger partial charge in [-0.15, -0.1) is 0 Å². The Bertz CT molecular complexity index is 696. The quantitative estimate of drug-likeness (QED) is 0.710. The summed E-state index contributed by atoms with van der Waals surface area (Å²) in [6.07, 6.45) is -0.372. The first-order valence-electron chi connectivity index (χ1n) is 7.79. The van der Waals surface area contributed by atoms with Gasteiger partial charge in [-0.05, 0) is 30.5 Å². The number of aryl methyl sites for hydroxylation is 1. The molecule has 134 valence electrons. The molecule has 0 heterocycles. The molecule has 0 aliphatic rings. The average Bonchev–Trinajstić information content (AvgIpc) is 2.58. The molecule has 0 radical (unpaired) electrons. The third-order valence-electron chi connectivity index (χ3n) is 3.58. The van der Waals surface area contributed by atoms with Gasteiger partial charge < -0.3 is 20.5 Å². The van der Waals surface area contributed by atoms with Gasteiger partial charge in [-0.2, -0.15) is 8.78 Å². The number of halogens is 2. The lowest BCUT2D eigenvalue weighted by atomic mass is 10.1. The monoisotopic (exact) mass is 350 g/mol. The van der Waals surface area contributed by atoms with Crippen molar-refractivity contribution in [1.29, 1.82) is 0 Å². The predicted octanol–water partition coefficient (Wildman–Crippen LogP) is 3.84. The zero-order valence-corrected chi connectivity index (χ0v) is 13.7. The SMILES string of the molecule is Cc1cccc(OC(F)F)c1NC(=O)NCCC(O)c1ccccc1. The van der Waals surface area contributed by atoms with E-state index in [1.54, 1.807) is 31.2 Å². The van der Waals surface area contributed by atoms with Gasteiger partial charge in [0.25, 0.3) is 0 Å². The number of hydrogen-bond acceptors (Lipinski definition) is 3. The maximum atomic E-state index is 12.4. The second-order valence-electron chi connectivity index (χ2n) is 5.42. The molecule has 7 heteroatoms. The fraction of sp³-hybridized carbons (Fsp3) is 0.278. The molecule has 2 amide bonds. The maximum absolute atomic E-state index is 12.4. The number of alkyl halides is 2. The largest absolute Gasteiger partial charge is 0.433 e. The van der Waals surface area contributed by atoms with E-state index >= 15 is 0 Å². The minimum absolute atomic E-state index is 0.102. The summed E-state index contributed by atoms with van der Waals surface area (Å²) in [6.45, 7) is -1.09. The van der Waals surface area contributed by atoms with E-state index in [0.717, 1.165) is 5.56 Å². The highest BCUT2D eigenvalue weighted by atomic mass is 19.3. The summed E-state index contributed by atoms with van der Waals surface area (Å²) in [5.41, 5.74) is 1.54. The molecule has 0 spiro atoms. The van der Waals surface area contributed by atoms with Gasteiger partial charge in [-0.1, -0.05) is 42.5 Å². The normalized spacial score (nSPS) is 11.9. The summed E-state index contributed by atoms with van der Waals surface area (Å²) in [6, 6.07) is 13.1. The first kappa shape index (κ1) is 18.7. The molecule has 0 bridgehead atoms. The molecule has 0 saturated carbocycles. The van der Waals surface area contributed by atoms with E-state index in [4.69, 9.17) is 0 Å². The molecule has 0 aliphatic heterocycles. The van der Waals surface area contributed by atoms with Gasteiger partial charge in [0.05, 0.1) is 11.8 Å². The van der Waals surface area contributed by atoms with Gasteiger partial charge >= 0.3 is 12.6 Å². The molecule has 0 saturated heterocycles. The van der Waals surface area contributed by atoms with E-state index in [0.29, 0.717) is 12.0 Å². The Balaban J connectivity index is 1.88. The summed E-state index contributed by atoms with van der Waals surface area (Å²) in [4.78, 5) is 12.0. The number of benzene rings is 2. The van der Waals surface area contributed by atoms with Crippen LogP contribution >= 0.6 is 0 Å². The van der Waals surface area contributed by atoms with E-state index in [2.05, 4.69) is 15.4 Å².